The van der Waals surface area contributed by atoms with Gasteiger partial charge >= 0.3 is 21.1 Å². The number of pyridine rings is 1. The third-order valence-corrected chi connectivity index (χ3v) is 10.4. The van der Waals surface area contributed by atoms with Gasteiger partial charge in [-0.25, -0.2) is 4.98 Å². The minimum Gasteiger partial charge on any atom is -0.510 e. The van der Waals surface area contributed by atoms with Crippen molar-refractivity contribution in [3.05, 3.63) is 165 Å². The molecular formula is C45H37N3O2Pt. The summed E-state index contributed by atoms with van der Waals surface area (Å²) < 4.78 is 15.7. The van der Waals surface area contributed by atoms with Crippen LogP contribution in [0.25, 0.3) is 27.6 Å². The normalized spacial score (nSPS) is 17.1. The molecule has 6 heteroatoms. The molecular weight excluding hydrogens is 810 g/mol. The molecule has 0 aliphatic carbocycles. The van der Waals surface area contributed by atoms with Crippen LogP contribution in [0.5, 0.6) is 11.5 Å². The summed E-state index contributed by atoms with van der Waals surface area (Å²) >= 11 is 0. The third-order valence-electron chi connectivity index (χ3n) is 10.4. The molecule has 4 heterocycles. The fourth-order valence-corrected chi connectivity index (χ4v) is 7.87. The molecule has 2 aliphatic heterocycles. The standard InChI is InChI=1S/C45H37N3O2.Pt/c1-26-20-34-33-23-29(4)39(25-37(33)48-41(34)36(21-26)45(5,6)35-18-13-19-46-43(35)48)49-38-24-32(27(2)22-28(38)3)44-47-40(30-14-9-7-10-15-30)42(50-44)31-16-11-8-12-17-31;/h7-23,40,42H,1-6H3;/q-2;+2/t40-,42-;/m1./s1. The Morgan fingerprint density at radius 2 is 1.41 bits per heavy atom. The zero-order chi connectivity index (χ0) is 34.3. The Morgan fingerprint density at radius 3 is 2.16 bits per heavy atom. The molecule has 0 unspecified atom stereocenters. The number of benzene rings is 5. The van der Waals surface area contributed by atoms with Crippen LogP contribution in [0.15, 0.2) is 108 Å². The summed E-state index contributed by atoms with van der Waals surface area (Å²) in [5.74, 6) is 2.80. The first-order valence-electron chi connectivity index (χ1n) is 17.2. The van der Waals surface area contributed by atoms with Crippen LogP contribution >= 0.6 is 0 Å². The van der Waals surface area contributed by atoms with Gasteiger partial charge in [0.05, 0.1) is 0 Å². The minimum atomic E-state index is -0.250. The van der Waals surface area contributed by atoms with Crippen LogP contribution in [0.3, 0.4) is 0 Å². The minimum absolute atomic E-state index is 0. The fourth-order valence-electron chi connectivity index (χ4n) is 7.87. The van der Waals surface area contributed by atoms with Gasteiger partial charge in [0.2, 0.25) is 0 Å². The number of aryl methyl sites for hydroxylation is 4. The Bertz CT molecular complexity index is 2520. The van der Waals surface area contributed by atoms with Crippen molar-refractivity contribution in [2.75, 3.05) is 0 Å². The molecule has 2 atom stereocenters. The Kier molecular flexibility index (Phi) is 8.03. The molecule has 254 valence electrons. The largest absolute Gasteiger partial charge is 2.00 e. The topological polar surface area (TPSA) is 48.6 Å². The van der Waals surface area contributed by atoms with Crippen molar-refractivity contribution in [3.8, 4) is 17.3 Å². The van der Waals surface area contributed by atoms with Crippen molar-refractivity contribution in [3.63, 3.8) is 0 Å². The van der Waals surface area contributed by atoms with Crippen LogP contribution in [-0.2, 0) is 31.2 Å². The van der Waals surface area contributed by atoms with E-state index in [0.717, 1.165) is 50.1 Å². The summed E-state index contributed by atoms with van der Waals surface area (Å²) in [5.41, 5.74) is 11.7. The molecule has 0 bridgehead atoms. The average Bonchev–Trinajstić information content (AvgIpc) is 3.69. The Balaban J connectivity index is 0.00000374. The number of nitrogens with zero attached hydrogens (tertiary/aromatic N) is 3. The SMILES string of the molecule is Cc1cc2c3c(c1)c1cc(C)c(Oc4[c-]c(C5=N[C@H](c6ccccc6)[C@@H](c6ccccc6)O5)c(C)cc4C)[c-]c1n3-c1ncccc1C2(C)C.[Pt+2]. The molecule has 0 radical (unpaired) electrons. The number of hydrogen-bond acceptors (Lipinski definition) is 4. The molecule has 2 aromatic heterocycles. The van der Waals surface area contributed by atoms with Gasteiger partial charge in [-0.15, -0.1) is 28.6 Å². The van der Waals surface area contributed by atoms with Crippen molar-refractivity contribution in [1.82, 2.24) is 9.55 Å². The second kappa shape index (κ2) is 12.4. The number of hydrogen-bond donors (Lipinski definition) is 0. The first kappa shape index (κ1) is 33.2. The number of aliphatic imine (C=N–C) groups is 1. The predicted molar refractivity (Wildman–Crippen MR) is 200 cm³/mol. The molecule has 0 amide bonds. The molecule has 5 aromatic carbocycles. The monoisotopic (exact) mass is 846 g/mol. The van der Waals surface area contributed by atoms with Gasteiger partial charge < -0.3 is 14.0 Å². The van der Waals surface area contributed by atoms with E-state index in [-0.39, 0.29) is 38.6 Å². The van der Waals surface area contributed by atoms with Gasteiger partial charge in [-0.1, -0.05) is 142 Å². The fraction of sp³-hybridized carbons (Fsp3) is 0.200. The molecule has 51 heavy (non-hydrogen) atoms. The second-order valence-electron chi connectivity index (χ2n) is 14.3. The van der Waals surface area contributed by atoms with E-state index in [9.17, 15) is 0 Å². The molecule has 2 aliphatic rings. The maximum absolute atomic E-state index is 6.77. The van der Waals surface area contributed by atoms with E-state index >= 15 is 0 Å². The molecule has 0 spiro atoms. The van der Waals surface area contributed by atoms with Crippen LogP contribution < -0.4 is 4.74 Å². The van der Waals surface area contributed by atoms with E-state index in [4.69, 9.17) is 19.5 Å². The van der Waals surface area contributed by atoms with Crippen LogP contribution in [0, 0.1) is 39.8 Å². The molecule has 5 nitrogen and oxygen atoms in total. The van der Waals surface area contributed by atoms with E-state index in [2.05, 4.69) is 125 Å². The molecule has 0 saturated carbocycles. The summed E-state index contributed by atoms with van der Waals surface area (Å²) in [6, 6.07) is 41.0. The van der Waals surface area contributed by atoms with E-state index in [0.29, 0.717) is 17.4 Å². The van der Waals surface area contributed by atoms with Gasteiger partial charge in [0.1, 0.15) is 23.9 Å². The molecule has 9 rings (SSSR count). The molecule has 0 fully saturated rings. The van der Waals surface area contributed by atoms with Gasteiger partial charge in [0, 0.05) is 34.2 Å². The number of aromatic nitrogens is 2. The first-order valence-corrected chi connectivity index (χ1v) is 17.2. The first-order chi connectivity index (χ1) is 24.2. The van der Waals surface area contributed by atoms with Crippen molar-refractivity contribution in [1.29, 1.82) is 0 Å². The number of fused-ring (bicyclic) bond motifs is 5. The van der Waals surface area contributed by atoms with Gasteiger partial charge in [-0.3, -0.25) is 4.99 Å². The molecule has 0 N–H and O–H groups in total. The third kappa shape index (κ3) is 5.24. The van der Waals surface area contributed by atoms with E-state index in [1.165, 1.54) is 27.6 Å². The average molecular weight is 847 g/mol. The summed E-state index contributed by atoms with van der Waals surface area (Å²) in [5, 5.41) is 2.35. The van der Waals surface area contributed by atoms with E-state index in [1.54, 1.807) is 0 Å². The van der Waals surface area contributed by atoms with Crippen LogP contribution in [0.1, 0.15) is 76.1 Å². The Morgan fingerprint density at radius 1 is 0.725 bits per heavy atom. The van der Waals surface area contributed by atoms with E-state index < -0.39 is 0 Å². The van der Waals surface area contributed by atoms with Crippen molar-refractivity contribution in [2.45, 2.75) is 59.1 Å². The maximum atomic E-state index is 6.77. The van der Waals surface area contributed by atoms with Crippen molar-refractivity contribution >= 4 is 27.7 Å². The van der Waals surface area contributed by atoms with Crippen molar-refractivity contribution in [2.24, 2.45) is 4.99 Å². The van der Waals surface area contributed by atoms with Crippen LogP contribution in [0.4, 0.5) is 0 Å². The van der Waals surface area contributed by atoms with Crippen molar-refractivity contribution < 1.29 is 30.5 Å². The van der Waals surface area contributed by atoms with Gasteiger partial charge in [-0.05, 0) is 35.1 Å². The zero-order valence-electron chi connectivity index (χ0n) is 29.4. The smallest absolute Gasteiger partial charge is 0.510 e. The zero-order valence-corrected chi connectivity index (χ0v) is 31.7. The van der Waals surface area contributed by atoms with Crippen LogP contribution in [-0.4, -0.2) is 15.4 Å². The van der Waals surface area contributed by atoms with Gasteiger partial charge in [0.15, 0.2) is 0 Å². The Labute approximate surface area is 313 Å². The number of rotatable bonds is 5. The summed E-state index contributed by atoms with van der Waals surface area (Å²) in [7, 11) is 0. The van der Waals surface area contributed by atoms with E-state index in [1.807, 2.05) is 36.5 Å². The van der Waals surface area contributed by atoms with Crippen LogP contribution in [0.2, 0.25) is 0 Å². The Hall–Kier alpha value is -4.99. The quantitative estimate of drug-likeness (QED) is 0.162. The van der Waals surface area contributed by atoms with Gasteiger partial charge in [-0.2, -0.15) is 6.07 Å². The predicted octanol–water partition coefficient (Wildman–Crippen LogP) is 10.7. The summed E-state index contributed by atoms with van der Waals surface area (Å²) in [4.78, 5) is 10.1. The van der Waals surface area contributed by atoms with Gasteiger partial charge in [0.25, 0.3) is 0 Å². The molecule has 7 aromatic rings. The number of ether oxygens (including phenoxy) is 2. The maximum Gasteiger partial charge on any atom is 2.00 e. The summed E-state index contributed by atoms with van der Waals surface area (Å²) in [6.45, 7) is 13.0. The second-order valence-corrected chi connectivity index (χ2v) is 14.3. The molecule has 0 saturated heterocycles. The summed E-state index contributed by atoms with van der Waals surface area (Å²) in [6.07, 6.45) is 1.63.